The monoisotopic (exact) mass is 332 g/mol. The largest absolute Gasteiger partial charge is 0.381 e. The van der Waals surface area contributed by atoms with E-state index in [0.717, 1.165) is 17.4 Å². The number of nitrogens with zero attached hydrogens (tertiary/aromatic N) is 1. The molecule has 106 valence electrons. The Morgan fingerprint density at radius 2 is 1.75 bits per heavy atom. The molecule has 0 heterocycles. The van der Waals surface area contributed by atoms with Gasteiger partial charge in [0.05, 0.1) is 0 Å². The molecule has 0 saturated heterocycles. The highest BCUT2D eigenvalue weighted by atomic mass is 79.9. The topological polar surface area (TPSA) is 15.3 Å². The van der Waals surface area contributed by atoms with E-state index >= 15 is 0 Å². The molecule has 2 nitrogen and oxygen atoms in total. The second-order valence-electron chi connectivity index (χ2n) is 5.07. The van der Waals surface area contributed by atoms with Crippen LogP contribution in [0.4, 0.5) is 11.4 Å². The normalized spacial score (nSPS) is 10.4. The maximum Gasteiger partial charge on any atom is 0.0400 e. The molecule has 0 spiro atoms. The van der Waals surface area contributed by atoms with Gasteiger partial charge in [-0.05, 0) is 47.9 Å². The van der Waals surface area contributed by atoms with Crippen LogP contribution < -0.4 is 10.2 Å². The number of halogens is 1. The second-order valence-corrected chi connectivity index (χ2v) is 5.99. The fourth-order valence-electron chi connectivity index (χ4n) is 2.14. The van der Waals surface area contributed by atoms with Crippen molar-refractivity contribution in [2.24, 2.45) is 0 Å². The molecule has 0 aliphatic rings. The average molecular weight is 333 g/mol. The van der Waals surface area contributed by atoms with Gasteiger partial charge in [-0.25, -0.2) is 0 Å². The zero-order valence-electron chi connectivity index (χ0n) is 12.3. The first-order chi connectivity index (χ1) is 9.60. The van der Waals surface area contributed by atoms with Crippen LogP contribution in [0.5, 0.6) is 0 Å². The van der Waals surface area contributed by atoms with Gasteiger partial charge in [-0.15, -0.1) is 0 Å². The van der Waals surface area contributed by atoms with Crippen molar-refractivity contribution in [3.8, 4) is 0 Å². The molecule has 0 bridgehead atoms. The number of nitrogens with one attached hydrogen (secondary N) is 1. The lowest BCUT2D eigenvalue weighted by atomic mass is 10.1. The molecule has 2 rings (SSSR count). The summed E-state index contributed by atoms with van der Waals surface area (Å²) in [4.78, 5) is 2.11. The zero-order chi connectivity index (χ0) is 14.5. The summed E-state index contributed by atoms with van der Waals surface area (Å²) in [7, 11) is 4.12. The predicted molar refractivity (Wildman–Crippen MR) is 91.6 cm³/mol. The molecule has 0 aliphatic carbocycles. The highest BCUT2D eigenvalue weighted by Crippen LogP contribution is 2.22. The molecular weight excluding hydrogens is 312 g/mol. The first-order valence-electron chi connectivity index (χ1n) is 6.88. The van der Waals surface area contributed by atoms with Crippen LogP contribution in [0.1, 0.15) is 18.1 Å². The van der Waals surface area contributed by atoms with Crippen LogP contribution in [0.2, 0.25) is 0 Å². The third kappa shape index (κ3) is 3.76. The Kier molecular flexibility index (Phi) is 5.07. The van der Waals surface area contributed by atoms with Crippen molar-refractivity contribution in [2.45, 2.75) is 19.9 Å². The molecule has 1 N–H and O–H groups in total. The SMILES string of the molecule is CCc1cc(Br)ccc1NCc1ccc(N(C)C)cc1. The number of anilines is 2. The molecule has 0 atom stereocenters. The lowest BCUT2D eigenvalue weighted by Crippen LogP contribution is -2.08. The van der Waals surface area contributed by atoms with Crippen molar-refractivity contribution in [1.29, 1.82) is 0 Å². The Balaban J connectivity index is 2.05. The van der Waals surface area contributed by atoms with E-state index in [1.165, 1.54) is 22.5 Å². The minimum Gasteiger partial charge on any atom is -0.381 e. The third-order valence-electron chi connectivity index (χ3n) is 3.38. The average Bonchev–Trinajstić information content (AvgIpc) is 2.46. The van der Waals surface area contributed by atoms with Crippen molar-refractivity contribution in [1.82, 2.24) is 0 Å². The number of aryl methyl sites for hydroxylation is 1. The minimum atomic E-state index is 0.850. The standard InChI is InChI=1S/C17H21BrN2/c1-4-14-11-15(18)7-10-17(14)19-12-13-5-8-16(9-6-13)20(2)3/h5-11,19H,4,12H2,1-3H3. The van der Waals surface area contributed by atoms with Crippen LogP contribution >= 0.6 is 15.9 Å². The van der Waals surface area contributed by atoms with E-state index in [-0.39, 0.29) is 0 Å². The number of hydrogen-bond donors (Lipinski definition) is 1. The molecule has 0 saturated carbocycles. The zero-order valence-corrected chi connectivity index (χ0v) is 13.9. The number of rotatable bonds is 5. The second kappa shape index (κ2) is 6.80. The molecule has 0 aromatic heterocycles. The van der Waals surface area contributed by atoms with Gasteiger partial charge in [0, 0.05) is 36.5 Å². The molecule has 0 amide bonds. The van der Waals surface area contributed by atoms with Gasteiger partial charge in [0.2, 0.25) is 0 Å². The fourth-order valence-corrected chi connectivity index (χ4v) is 2.54. The predicted octanol–water partition coefficient (Wildman–Crippen LogP) is 4.69. The maximum atomic E-state index is 3.52. The van der Waals surface area contributed by atoms with Crippen molar-refractivity contribution >= 4 is 27.3 Å². The van der Waals surface area contributed by atoms with Crippen molar-refractivity contribution in [3.05, 3.63) is 58.1 Å². The van der Waals surface area contributed by atoms with E-state index in [0.29, 0.717) is 0 Å². The van der Waals surface area contributed by atoms with Crippen LogP contribution in [0, 0.1) is 0 Å². The Hall–Kier alpha value is -1.48. The molecule has 20 heavy (non-hydrogen) atoms. The molecule has 2 aromatic rings. The fraction of sp³-hybridized carbons (Fsp3) is 0.294. The summed E-state index contributed by atoms with van der Waals surface area (Å²) in [6.45, 7) is 3.03. The molecule has 2 aromatic carbocycles. The van der Waals surface area contributed by atoms with Gasteiger partial charge < -0.3 is 10.2 Å². The molecule has 0 aliphatic heterocycles. The summed E-state index contributed by atoms with van der Waals surface area (Å²) in [5.74, 6) is 0. The Bertz CT molecular complexity index is 562. The maximum absolute atomic E-state index is 3.52. The van der Waals surface area contributed by atoms with Crippen molar-refractivity contribution in [3.63, 3.8) is 0 Å². The Morgan fingerprint density at radius 1 is 1.05 bits per heavy atom. The van der Waals surface area contributed by atoms with E-state index in [2.05, 4.69) is 89.6 Å². The van der Waals surface area contributed by atoms with Gasteiger partial charge in [-0.1, -0.05) is 35.0 Å². The van der Waals surface area contributed by atoms with Crippen molar-refractivity contribution < 1.29 is 0 Å². The van der Waals surface area contributed by atoms with E-state index in [1.807, 2.05) is 0 Å². The highest BCUT2D eigenvalue weighted by Gasteiger charge is 2.02. The summed E-state index contributed by atoms with van der Waals surface area (Å²) < 4.78 is 1.13. The van der Waals surface area contributed by atoms with E-state index in [9.17, 15) is 0 Å². The van der Waals surface area contributed by atoms with Crippen LogP contribution in [0.25, 0.3) is 0 Å². The molecule has 0 unspecified atom stereocenters. The molecular formula is C17H21BrN2. The summed E-state index contributed by atoms with van der Waals surface area (Å²) in [5, 5.41) is 3.52. The lowest BCUT2D eigenvalue weighted by molar-refractivity contribution is 1.08. The first-order valence-corrected chi connectivity index (χ1v) is 7.68. The third-order valence-corrected chi connectivity index (χ3v) is 3.88. The summed E-state index contributed by atoms with van der Waals surface area (Å²) in [6.07, 6.45) is 1.03. The minimum absolute atomic E-state index is 0.850. The van der Waals surface area contributed by atoms with Crippen LogP contribution in [0.3, 0.4) is 0 Å². The summed E-state index contributed by atoms with van der Waals surface area (Å²) >= 11 is 3.52. The smallest absolute Gasteiger partial charge is 0.0400 e. The van der Waals surface area contributed by atoms with Crippen LogP contribution in [-0.2, 0) is 13.0 Å². The Morgan fingerprint density at radius 3 is 2.35 bits per heavy atom. The molecule has 3 heteroatoms. The first kappa shape index (κ1) is 14.9. The number of benzene rings is 2. The molecule has 0 radical (unpaired) electrons. The van der Waals surface area contributed by atoms with Crippen molar-refractivity contribution in [2.75, 3.05) is 24.3 Å². The van der Waals surface area contributed by atoms with E-state index in [4.69, 9.17) is 0 Å². The van der Waals surface area contributed by atoms with Gasteiger partial charge in [0.15, 0.2) is 0 Å². The highest BCUT2D eigenvalue weighted by molar-refractivity contribution is 9.10. The van der Waals surface area contributed by atoms with Gasteiger partial charge in [0.1, 0.15) is 0 Å². The quantitative estimate of drug-likeness (QED) is 0.854. The van der Waals surface area contributed by atoms with E-state index < -0.39 is 0 Å². The Labute approximate surface area is 129 Å². The van der Waals surface area contributed by atoms with Gasteiger partial charge >= 0.3 is 0 Å². The van der Waals surface area contributed by atoms with Gasteiger partial charge in [-0.3, -0.25) is 0 Å². The lowest BCUT2D eigenvalue weighted by Gasteiger charge is -2.14. The van der Waals surface area contributed by atoms with Gasteiger partial charge in [-0.2, -0.15) is 0 Å². The van der Waals surface area contributed by atoms with E-state index in [1.54, 1.807) is 0 Å². The van der Waals surface area contributed by atoms with Gasteiger partial charge in [0.25, 0.3) is 0 Å². The van der Waals surface area contributed by atoms with Crippen LogP contribution in [-0.4, -0.2) is 14.1 Å². The summed E-state index contributed by atoms with van der Waals surface area (Å²) in [6, 6.07) is 15.0. The molecule has 0 fully saturated rings. The summed E-state index contributed by atoms with van der Waals surface area (Å²) in [5.41, 5.74) is 5.07. The van der Waals surface area contributed by atoms with Crippen LogP contribution in [0.15, 0.2) is 46.9 Å². The number of hydrogen-bond acceptors (Lipinski definition) is 2.